The van der Waals surface area contributed by atoms with E-state index in [1.807, 2.05) is 18.2 Å². The summed E-state index contributed by atoms with van der Waals surface area (Å²) in [4.78, 5) is 0. The average molecular weight is 199 g/mol. The Morgan fingerprint density at radius 1 is 1.30 bits per heavy atom. The Kier molecular flexibility index (Phi) is 2.79. The van der Waals surface area contributed by atoms with Crippen LogP contribution in [0.5, 0.6) is 0 Å². The van der Waals surface area contributed by atoms with Crippen molar-refractivity contribution in [2.45, 2.75) is 0 Å². The molecule has 1 atom stereocenters. The molecule has 1 aromatic carbocycles. The second kappa shape index (κ2) is 3.64. The van der Waals surface area contributed by atoms with Crippen LogP contribution in [0, 0.1) is 0 Å². The molecule has 2 nitrogen and oxygen atoms in total. The first-order valence-corrected chi connectivity index (χ1v) is 5.98. The van der Waals surface area contributed by atoms with Crippen molar-refractivity contribution in [3.8, 4) is 0 Å². The summed E-state index contributed by atoms with van der Waals surface area (Å²) in [6, 6.07) is 9.07. The minimum absolute atomic E-state index is 0.184. The Morgan fingerprint density at radius 3 is 2.40 bits per heavy atom. The van der Waals surface area contributed by atoms with Crippen LogP contribution < -0.4 is 4.35 Å². The molecule has 0 saturated carbocycles. The number of hydrogen-bond donors (Lipinski definition) is 1. The van der Waals surface area contributed by atoms with Gasteiger partial charge in [0.25, 0.3) is 0 Å². The molecule has 0 aromatic heterocycles. The van der Waals surface area contributed by atoms with E-state index in [9.17, 15) is 3.74 Å². The van der Waals surface area contributed by atoms with E-state index in [1.165, 1.54) is 0 Å². The van der Waals surface area contributed by atoms with Crippen LogP contribution in [0.15, 0.2) is 30.3 Å². The molecule has 1 radical (unpaired) electrons. The molecule has 1 rings (SSSR count). The summed E-state index contributed by atoms with van der Waals surface area (Å²) >= 11 is -2.30. The third-order valence-electron chi connectivity index (χ3n) is 1.17. The third-order valence-corrected chi connectivity index (χ3v) is 3.55. The Bertz CT molecular complexity index is 220. The zero-order valence-corrected chi connectivity index (χ0v) is 7.27. The van der Waals surface area contributed by atoms with E-state index in [0.717, 1.165) is 4.35 Å². The molecule has 1 unspecified atom stereocenters. The summed E-state index contributed by atoms with van der Waals surface area (Å²) in [5.74, 6) is 0. The van der Waals surface area contributed by atoms with Crippen molar-refractivity contribution in [2.75, 3.05) is 5.39 Å². The number of benzene rings is 1. The van der Waals surface area contributed by atoms with E-state index in [2.05, 4.69) is 0 Å². The summed E-state index contributed by atoms with van der Waals surface area (Å²) in [7, 11) is 0. The molecule has 0 spiro atoms. The molecule has 0 saturated heterocycles. The molecule has 0 fully saturated rings. The van der Waals surface area contributed by atoms with E-state index in [-0.39, 0.29) is 5.39 Å². The van der Waals surface area contributed by atoms with E-state index < -0.39 is 14.6 Å². The van der Waals surface area contributed by atoms with Gasteiger partial charge in [-0.25, -0.2) is 0 Å². The van der Waals surface area contributed by atoms with E-state index in [0.29, 0.717) is 0 Å². The molecule has 0 heterocycles. The first-order chi connectivity index (χ1) is 4.84. The van der Waals surface area contributed by atoms with Crippen molar-refractivity contribution in [1.29, 1.82) is 0 Å². The Morgan fingerprint density at radius 2 is 1.90 bits per heavy atom. The van der Waals surface area contributed by atoms with Crippen molar-refractivity contribution >= 4 is 18.9 Å². The van der Waals surface area contributed by atoms with Crippen LogP contribution in [0.4, 0.5) is 0 Å². The molecule has 0 aliphatic rings. The summed E-state index contributed by atoms with van der Waals surface area (Å²) in [6.45, 7) is 0. The van der Waals surface area contributed by atoms with Gasteiger partial charge in [0.2, 0.25) is 0 Å². The summed E-state index contributed by atoms with van der Waals surface area (Å²) in [5, 5.41) is 8.36. The first-order valence-electron chi connectivity index (χ1n) is 2.95. The van der Waals surface area contributed by atoms with Crippen LogP contribution in [0.25, 0.3) is 0 Å². The molecule has 0 aliphatic heterocycles. The number of hydrogen-bond acceptors (Lipinski definition) is 2. The molecule has 53 valence electrons. The van der Waals surface area contributed by atoms with Gasteiger partial charge in [0.1, 0.15) is 0 Å². The topological polar surface area (TPSA) is 37.3 Å². The van der Waals surface area contributed by atoms with Gasteiger partial charge >= 0.3 is 63.5 Å². The maximum absolute atomic E-state index is 11.0. The van der Waals surface area contributed by atoms with Gasteiger partial charge in [-0.15, -0.1) is 0 Å². The SMILES string of the molecule is O=[As](CO)c1ccccc1. The van der Waals surface area contributed by atoms with E-state index >= 15 is 0 Å². The van der Waals surface area contributed by atoms with Crippen molar-refractivity contribution in [2.24, 2.45) is 0 Å². The summed E-state index contributed by atoms with van der Waals surface area (Å²) in [6.07, 6.45) is 0. The van der Waals surface area contributed by atoms with Gasteiger partial charge in [-0.2, -0.15) is 0 Å². The molecular formula is C7H8AsO2. The zero-order chi connectivity index (χ0) is 7.40. The van der Waals surface area contributed by atoms with Crippen LogP contribution in [-0.4, -0.2) is 25.1 Å². The Balaban J connectivity index is 2.85. The van der Waals surface area contributed by atoms with Gasteiger partial charge in [0.05, 0.1) is 0 Å². The Labute approximate surface area is 64.0 Å². The first kappa shape index (κ1) is 7.64. The second-order valence-electron chi connectivity index (χ2n) is 1.86. The van der Waals surface area contributed by atoms with Crippen molar-refractivity contribution in [3.05, 3.63) is 30.3 Å². The second-order valence-corrected chi connectivity index (χ2v) is 5.12. The quantitative estimate of drug-likeness (QED) is 0.672. The monoisotopic (exact) mass is 199 g/mol. The molecule has 0 aliphatic carbocycles. The van der Waals surface area contributed by atoms with Gasteiger partial charge in [-0.05, 0) is 0 Å². The molecule has 1 aromatic rings. The van der Waals surface area contributed by atoms with Crippen LogP contribution in [0.3, 0.4) is 0 Å². The molecule has 0 amide bonds. The maximum atomic E-state index is 11.0. The van der Waals surface area contributed by atoms with Gasteiger partial charge in [-0.1, -0.05) is 0 Å². The summed E-state index contributed by atoms with van der Waals surface area (Å²) < 4.78 is 11.8. The molecule has 3 heteroatoms. The number of aliphatic hydroxyl groups excluding tert-OH is 1. The number of aliphatic hydroxyl groups is 1. The predicted molar refractivity (Wildman–Crippen MR) is 39.6 cm³/mol. The fraction of sp³-hybridized carbons (Fsp3) is 0.143. The van der Waals surface area contributed by atoms with E-state index in [4.69, 9.17) is 5.11 Å². The normalized spacial score (nSPS) is 11.1. The predicted octanol–water partition coefficient (Wildman–Crippen LogP) is -0.153. The van der Waals surface area contributed by atoms with E-state index in [1.54, 1.807) is 12.1 Å². The van der Waals surface area contributed by atoms with Gasteiger partial charge < -0.3 is 0 Å². The van der Waals surface area contributed by atoms with Crippen molar-refractivity contribution in [1.82, 2.24) is 0 Å². The van der Waals surface area contributed by atoms with Gasteiger partial charge in [-0.3, -0.25) is 0 Å². The molecule has 1 N–H and O–H groups in total. The van der Waals surface area contributed by atoms with Crippen LogP contribution >= 0.6 is 0 Å². The van der Waals surface area contributed by atoms with Crippen LogP contribution in [-0.2, 0) is 3.74 Å². The fourth-order valence-electron chi connectivity index (χ4n) is 0.676. The van der Waals surface area contributed by atoms with Crippen LogP contribution in [0.1, 0.15) is 0 Å². The molecule has 0 bridgehead atoms. The van der Waals surface area contributed by atoms with Gasteiger partial charge in [0, 0.05) is 0 Å². The fourth-order valence-corrected chi connectivity index (χ4v) is 2.08. The average Bonchev–Trinajstić information content (AvgIpc) is 2.05. The van der Waals surface area contributed by atoms with Crippen molar-refractivity contribution in [3.63, 3.8) is 0 Å². The Hall–Kier alpha value is -0.462. The summed E-state index contributed by atoms with van der Waals surface area (Å²) in [5.41, 5.74) is 0. The molecular weight excluding hydrogens is 191 g/mol. The number of rotatable bonds is 2. The zero-order valence-electron chi connectivity index (χ0n) is 5.40. The van der Waals surface area contributed by atoms with Crippen molar-refractivity contribution < 1.29 is 8.85 Å². The standard InChI is InChI=1S/C7H8AsO2/c9-6-8(10)7-4-2-1-3-5-7/h1-5,9H,6H2. The minimum atomic E-state index is -2.30. The van der Waals surface area contributed by atoms with Crippen LogP contribution in [0.2, 0.25) is 0 Å². The molecule has 10 heavy (non-hydrogen) atoms. The third kappa shape index (κ3) is 1.76. The van der Waals surface area contributed by atoms with Gasteiger partial charge in [0.15, 0.2) is 0 Å².